The fraction of sp³-hybridized carbons (Fsp3) is 0.188. The Morgan fingerprint density at radius 2 is 1.79 bits per heavy atom. The summed E-state index contributed by atoms with van der Waals surface area (Å²) in [4.78, 5) is 30.6. The average molecular weight is 351 g/mol. The van der Waals surface area contributed by atoms with Crippen molar-refractivity contribution < 1.29 is 29.4 Å². The number of Topliss-reactive ketones (excluding diaryl/α,β-unsaturated/α-hetero) is 1. The highest BCUT2D eigenvalue weighted by Gasteiger charge is 2.21. The van der Waals surface area contributed by atoms with E-state index in [1.165, 1.54) is 18.2 Å². The molecule has 0 saturated heterocycles. The Bertz CT molecular complexity index is 801. The second kappa shape index (κ2) is 7.05. The number of rotatable bonds is 6. The number of phenolic OH excluding ortho intramolecular Hbond substituents is 2. The van der Waals surface area contributed by atoms with Gasteiger partial charge in [0.2, 0.25) is 0 Å². The van der Waals surface area contributed by atoms with E-state index in [4.69, 9.17) is 9.79 Å². The van der Waals surface area contributed by atoms with Gasteiger partial charge < -0.3 is 20.0 Å². The van der Waals surface area contributed by atoms with Crippen LogP contribution in [0.2, 0.25) is 0 Å². The van der Waals surface area contributed by atoms with Crippen molar-refractivity contribution in [1.82, 2.24) is 0 Å². The van der Waals surface area contributed by atoms with Crippen LogP contribution in [0.15, 0.2) is 42.5 Å². The Hall–Kier alpha value is -2.34. The number of aromatic hydroxyl groups is 2. The highest BCUT2D eigenvalue weighted by Crippen LogP contribution is 2.38. The lowest BCUT2D eigenvalue weighted by Gasteiger charge is -2.15. The molecule has 24 heavy (non-hydrogen) atoms. The largest absolute Gasteiger partial charge is 0.508 e. The smallest absolute Gasteiger partial charge is 0.427 e. The second-order valence-electron chi connectivity index (χ2n) is 5.51. The van der Waals surface area contributed by atoms with Crippen LogP contribution in [0.25, 0.3) is 0 Å². The first-order valence-electron chi connectivity index (χ1n) is 7.14. The summed E-state index contributed by atoms with van der Waals surface area (Å²) < 4.78 is 11.1. The van der Waals surface area contributed by atoms with Crippen molar-refractivity contribution in [1.29, 1.82) is 0 Å². The number of hydrogen-bond donors (Lipinski definition) is 5. The maximum atomic E-state index is 12.5. The van der Waals surface area contributed by atoms with Crippen LogP contribution in [0.3, 0.4) is 0 Å². The Labute approximate surface area is 138 Å². The highest BCUT2D eigenvalue weighted by molar-refractivity contribution is 7.53. The minimum atomic E-state index is -4.59. The molecule has 0 aromatic heterocycles. The van der Waals surface area contributed by atoms with E-state index >= 15 is 0 Å². The van der Waals surface area contributed by atoms with Crippen molar-refractivity contribution in [2.45, 2.75) is 19.3 Å². The summed E-state index contributed by atoms with van der Waals surface area (Å²) >= 11 is 0. The lowest BCUT2D eigenvalue weighted by atomic mass is 9.92. The Kier molecular flexibility index (Phi) is 5.29. The third-order valence-corrected chi connectivity index (χ3v) is 4.03. The summed E-state index contributed by atoms with van der Waals surface area (Å²) in [6.45, 7) is 1.80. The average Bonchev–Trinajstić information content (AvgIpc) is 2.47. The predicted molar refractivity (Wildman–Crippen MR) is 89.2 cm³/mol. The van der Waals surface area contributed by atoms with E-state index in [2.05, 4.69) is 0 Å². The minimum absolute atomic E-state index is 0.00896. The number of nitrogens with one attached hydrogen (secondary N) is 1. The lowest BCUT2D eigenvalue weighted by Crippen LogP contribution is -2.08. The van der Waals surface area contributed by atoms with Crippen LogP contribution >= 0.6 is 7.75 Å². The van der Waals surface area contributed by atoms with Gasteiger partial charge in [0.05, 0.1) is 5.69 Å². The monoisotopic (exact) mass is 351 g/mol. The number of hydrogen-bond acceptors (Lipinski definition) is 4. The van der Waals surface area contributed by atoms with Crippen LogP contribution in [0.1, 0.15) is 35.2 Å². The van der Waals surface area contributed by atoms with E-state index in [1.807, 2.05) is 5.09 Å². The van der Waals surface area contributed by atoms with Gasteiger partial charge in [0, 0.05) is 12.0 Å². The maximum Gasteiger partial charge on any atom is 0.427 e. The van der Waals surface area contributed by atoms with E-state index in [0.29, 0.717) is 0 Å². The number of carbonyl (C=O) groups is 1. The van der Waals surface area contributed by atoms with E-state index in [-0.39, 0.29) is 35.1 Å². The fourth-order valence-corrected chi connectivity index (χ4v) is 2.86. The van der Waals surface area contributed by atoms with Crippen molar-refractivity contribution >= 4 is 19.2 Å². The van der Waals surface area contributed by atoms with Crippen LogP contribution in [0, 0.1) is 0 Å². The molecule has 0 fully saturated rings. The molecule has 0 heterocycles. The first-order chi connectivity index (χ1) is 11.2. The van der Waals surface area contributed by atoms with Gasteiger partial charge in [-0.15, -0.1) is 0 Å². The van der Waals surface area contributed by atoms with Crippen molar-refractivity contribution in [2.24, 2.45) is 0 Å². The van der Waals surface area contributed by atoms with Crippen molar-refractivity contribution in [3.63, 3.8) is 0 Å². The number of ketones is 1. The number of phenols is 2. The molecule has 0 amide bonds. The molecular weight excluding hydrogens is 333 g/mol. The molecule has 2 rings (SSSR count). The first-order valence-corrected chi connectivity index (χ1v) is 8.76. The fourth-order valence-electron chi connectivity index (χ4n) is 2.35. The molecule has 0 aliphatic carbocycles. The molecule has 0 radical (unpaired) electrons. The van der Waals surface area contributed by atoms with Gasteiger partial charge in [-0.1, -0.05) is 19.1 Å². The maximum absolute atomic E-state index is 12.5. The van der Waals surface area contributed by atoms with Gasteiger partial charge >= 0.3 is 7.75 Å². The van der Waals surface area contributed by atoms with E-state index < -0.39 is 13.5 Å². The first kappa shape index (κ1) is 18.0. The van der Waals surface area contributed by atoms with Crippen LogP contribution in [0.5, 0.6) is 11.5 Å². The third kappa shape index (κ3) is 4.83. The van der Waals surface area contributed by atoms with E-state index in [0.717, 1.165) is 11.6 Å². The Morgan fingerprint density at radius 1 is 1.12 bits per heavy atom. The molecule has 1 atom stereocenters. The molecule has 2 aromatic carbocycles. The summed E-state index contributed by atoms with van der Waals surface area (Å²) in [5.74, 6) is -0.708. The number of anilines is 1. The standard InChI is InChI=1S/C16H18NO6P/c1-10(11-3-2-4-12(18)8-11)7-16(20)14-9-13(19)5-6-15(14)17-24(21,22)23/h2-6,8-10,18-19H,7H2,1H3,(H3,17,21,22,23). The molecule has 0 bridgehead atoms. The quantitative estimate of drug-likeness (QED) is 0.307. The number of carbonyl (C=O) groups excluding carboxylic acids is 1. The molecular formula is C16H18NO6P. The van der Waals surface area contributed by atoms with Crippen LogP contribution in [-0.2, 0) is 4.57 Å². The van der Waals surface area contributed by atoms with Crippen molar-refractivity contribution in [3.8, 4) is 11.5 Å². The van der Waals surface area contributed by atoms with Crippen molar-refractivity contribution in [2.75, 3.05) is 5.09 Å². The molecule has 0 aliphatic rings. The minimum Gasteiger partial charge on any atom is -0.508 e. The molecule has 8 heteroatoms. The SMILES string of the molecule is CC(CC(=O)c1cc(O)ccc1NP(=O)(O)O)c1cccc(O)c1. The van der Waals surface area contributed by atoms with Crippen LogP contribution in [0.4, 0.5) is 5.69 Å². The normalized spacial score (nSPS) is 12.6. The molecule has 0 saturated carbocycles. The van der Waals surface area contributed by atoms with E-state index in [1.54, 1.807) is 25.1 Å². The molecule has 5 N–H and O–H groups in total. The lowest BCUT2D eigenvalue weighted by molar-refractivity contribution is 0.0976. The summed E-state index contributed by atoms with van der Waals surface area (Å²) in [6.07, 6.45) is 0.0444. The second-order valence-corrected chi connectivity index (χ2v) is 6.82. The van der Waals surface area contributed by atoms with Crippen LogP contribution < -0.4 is 5.09 Å². The Balaban J connectivity index is 2.25. The van der Waals surface area contributed by atoms with Gasteiger partial charge in [0.15, 0.2) is 5.78 Å². The van der Waals surface area contributed by atoms with Crippen molar-refractivity contribution in [3.05, 3.63) is 53.6 Å². The van der Waals surface area contributed by atoms with Gasteiger partial charge in [0.1, 0.15) is 11.5 Å². The van der Waals surface area contributed by atoms with Gasteiger partial charge in [-0.05, 0) is 41.8 Å². The predicted octanol–water partition coefficient (Wildman–Crippen LogP) is 2.98. The van der Waals surface area contributed by atoms with Gasteiger partial charge in [-0.2, -0.15) is 0 Å². The summed E-state index contributed by atoms with van der Waals surface area (Å²) in [6, 6.07) is 10.1. The zero-order valence-corrected chi connectivity index (χ0v) is 13.8. The molecule has 0 aliphatic heterocycles. The number of benzene rings is 2. The Morgan fingerprint density at radius 3 is 2.42 bits per heavy atom. The zero-order chi connectivity index (χ0) is 17.9. The topological polar surface area (TPSA) is 127 Å². The molecule has 2 aromatic rings. The highest BCUT2D eigenvalue weighted by atomic mass is 31.2. The van der Waals surface area contributed by atoms with Gasteiger partial charge in [0.25, 0.3) is 0 Å². The zero-order valence-electron chi connectivity index (χ0n) is 12.9. The summed E-state index contributed by atoms with van der Waals surface area (Å²) in [5.41, 5.74) is 0.701. The molecule has 128 valence electrons. The molecule has 7 nitrogen and oxygen atoms in total. The summed E-state index contributed by atoms with van der Waals surface area (Å²) in [5, 5.41) is 21.0. The van der Waals surface area contributed by atoms with Crippen LogP contribution in [-0.4, -0.2) is 25.8 Å². The van der Waals surface area contributed by atoms with Gasteiger partial charge in [-0.25, -0.2) is 4.57 Å². The molecule has 0 spiro atoms. The summed E-state index contributed by atoms with van der Waals surface area (Å²) in [7, 11) is -4.59. The molecule has 1 unspecified atom stereocenters. The van der Waals surface area contributed by atoms with E-state index in [9.17, 15) is 19.6 Å². The van der Waals surface area contributed by atoms with Gasteiger partial charge in [-0.3, -0.25) is 9.88 Å². The third-order valence-electron chi connectivity index (χ3n) is 3.50.